The van der Waals surface area contributed by atoms with E-state index in [2.05, 4.69) is 50.4 Å². The summed E-state index contributed by atoms with van der Waals surface area (Å²) in [6.45, 7) is 9.16. The van der Waals surface area contributed by atoms with Crippen molar-refractivity contribution in [1.29, 1.82) is 0 Å². The number of hydrogen-bond acceptors (Lipinski definition) is 3. The van der Waals surface area contributed by atoms with Gasteiger partial charge in [-0.25, -0.2) is 0 Å². The zero-order valence-electron chi connectivity index (χ0n) is 13.6. The van der Waals surface area contributed by atoms with Gasteiger partial charge >= 0.3 is 0 Å². The Morgan fingerprint density at radius 2 is 2.00 bits per heavy atom. The lowest BCUT2D eigenvalue weighted by atomic mass is 9.86. The molecule has 3 heteroatoms. The third-order valence-corrected chi connectivity index (χ3v) is 4.23. The van der Waals surface area contributed by atoms with Gasteiger partial charge in [0.15, 0.2) is 0 Å². The number of hydrogen-bond donors (Lipinski definition) is 1. The molecule has 0 radical (unpaired) electrons. The molecule has 3 nitrogen and oxygen atoms in total. The van der Waals surface area contributed by atoms with E-state index >= 15 is 0 Å². The highest BCUT2D eigenvalue weighted by molar-refractivity contribution is 5.30. The van der Waals surface area contributed by atoms with Crippen LogP contribution in [0.2, 0.25) is 0 Å². The van der Waals surface area contributed by atoms with E-state index in [9.17, 15) is 0 Å². The van der Waals surface area contributed by atoms with Crippen molar-refractivity contribution >= 4 is 0 Å². The van der Waals surface area contributed by atoms with Crippen molar-refractivity contribution in [3.63, 3.8) is 0 Å². The van der Waals surface area contributed by atoms with E-state index in [1.807, 2.05) is 0 Å². The standard InChI is InChI=1S/C18H29NO2/c1-4-12-20-15-9-7-14(8-10-15)18(19-6-3)16-11-13-21-17(16)5-2/h7-10,16-19H,4-6,11-13H2,1-3H3. The molecule has 0 amide bonds. The molecule has 0 saturated carbocycles. The fourth-order valence-corrected chi connectivity index (χ4v) is 3.19. The maximum atomic E-state index is 5.88. The van der Waals surface area contributed by atoms with Gasteiger partial charge in [-0.15, -0.1) is 0 Å². The van der Waals surface area contributed by atoms with E-state index < -0.39 is 0 Å². The van der Waals surface area contributed by atoms with Crippen LogP contribution in [0.4, 0.5) is 0 Å². The van der Waals surface area contributed by atoms with Crippen LogP contribution in [0, 0.1) is 5.92 Å². The molecular formula is C18H29NO2. The summed E-state index contributed by atoms with van der Waals surface area (Å²) in [5, 5.41) is 3.65. The summed E-state index contributed by atoms with van der Waals surface area (Å²) in [6, 6.07) is 8.95. The Morgan fingerprint density at radius 1 is 1.24 bits per heavy atom. The van der Waals surface area contributed by atoms with Gasteiger partial charge in [-0.1, -0.05) is 32.9 Å². The minimum atomic E-state index is 0.377. The first-order chi connectivity index (χ1) is 10.3. The number of benzene rings is 1. The van der Waals surface area contributed by atoms with E-state index in [0.29, 0.717) is 18.1 Å². The van der Waals surface area contributed by atoms with Gasteiger partial charge in [0.05, 0.1) is 12.7 Å². The van der Waals surface area contributed by atoms with Crippen LogP contribution < -0.4 is 10.1 Å². The third-order valence-electron chi connectivity index (χ3n) is 4.23. The molecule has 3 atom stereocenters. The van der Waals surface area contributed by atoms with Crippen LogP contribution >= 0.6 is 0 Å². The second-order valence-electron chi connectivity index (χ2n) is 5.72. The molecule has 2 rings (SSSR count). The summed E-state index contributed by atoms with van der Waals surface area (Å²) in [5.41, 5.74) is 1.34. The molecule has 0 spiro atoms. The van der Waals surface area contributed by atoms with Gasteiger partial charge in [-0.3, -0.25) is 0 Å². The molecule has 1 heterocycles. The summed E-state index contributed by atoms with van der Waals surface area (Å²) < 4.78 is 11.5. The fraction of sp³-hybridized carbons (Fsp3) is 0.667. The Labute approximate surface area is 129 Å². The molecule has 0 aromatic heterocycles. The highest BCUT2D eigenvalue weighted by Gasteiger charge is 2.33. The maximum absolute atomic E-state index is 5.88. The van der Waals surface area contributed by atoms with Crippen LogP contribution in [0.1, 0.15) is 51.6 Å². The SMILES string of the molecule is CCCOc1ccc(C(NCC)C2CCOC2CC)cc1. The Hall–Kier alpha value is -1.06. The zero-order valence-corrected chi connectivity index (χ0v) is 13.6. The molecule has 1 N–H and O–H groups in total. The van der Waals surface area contributed by atoms with Crippen LogP contribution in [0.25, 0.3) is 0 Å². The van der Waals surface area contributed by atoms with Crippen LogP contribution in [0.3, 0.4) is 0 Å². The molecule has 118 valence electrons. The van der Waals surface area contributed by atoms with Crippen LogP contribution in [-0.2, 0) is 4.74 Å². The summed E-state index contributed by atoms with van der Waals surface area (Å²) in [6.07, 6.45) is 3.65. The Kier molecular flexibility index (Phi) is 6.52. The van der Waals surface area contributed by atoms with Crippen molar-refractivity contribution in [3.8, 4) is 5.75 Å². The first-order valence-corrected chi connectivity index (χ1v) is 8.37. The Morgan fingerprint density at radius 3 is 2.62 bits per heavy atom. The number of ether oxygens (including phenoxy) is 2. The van der Waals surface area contributed by atoms with Gasteiger partial charge in [-0.2, -0.15) is 0 Å². The minimum Gasteiger partial charge on any atom is -0.494 e. The third kappa shape index (κ3) is 4.21. The average Bonchev–Trinajstić information content (AvgIpc) is 2.99. The molecular weight excluding hydrogens is 262 g/mol. The first kappa shape index (κ1) is 16.3. The topological polar surface area (TPSA) is 30.5 Å². The Bertz CT molecular complexity index is 404. The van der Waals surface area contributed by atoms with Crippen LogP contribution in [-0.4, -0.2) is 25.9 Å². The van der Waals surface area contributed by atoms with Gasteiger partial charge in [0.1, 0.15) is 5.75 Å². The Balaban J connectivity index is 2.10. The average molecular weight is 291 g/mol. The second-order valence-corrected chi connectivity index (χ2v) is 5.72. The molecule has 1 aromatic rings. The van der Waals surface area contributed by atoms with Crippen molar-refractivity contribution in [1.82, 2.24) is 5.32 Å². The van der Waals surface area contributed by atoms with Crippen molar-refractivity contribution in [2.45, 2.75) is 52.2 Å². The summed E-state index contributed by atoms with van der Waals surface area (Å²) in [5.74, 6) is 1.53. The van der Waals surface area contributed by atoms with Gasteiger partial charge in [-0.05, 0) is 43.5 Å². The first-order valence-electron chi connectivity index (χ1n) is 8.37. The van der Waals surface area contributed by atoms with E-state index in [0.717, 1.165) is 44.8 Å². The van der Waals surface area contributed by atoms with Crippen molar-refractivity contribution in [2.75, 3.05) is 19.8 Å². The smallest absolute Gasteiger partial charge is 0.119 e. The molecule has 1 aliphatic rings. The van der Waals surface area contributed by atoms with Gasteiger partial charge in [0, 0.05) is 18.6 Å². The minimum absolute atomic E-state index is 0.377. The molecule has 3 unspecified atom stereocenters. The molecule has 1 fully saturated rings. The summed E-state index contributed by atoms with van der Waals surface area (Å²) in [4.78, 5) is 0. The predicted molar refractivity (Wildman–Crippen MR) is 86.8 cm³/mol. The van der Waals surface area contributed by atoms with Crippen LogP contribution in [0.15, 0.2) is 24.3 Å². The summed E-state index contributed by atoms with van der Waals surface area (Å²) in [7, 11) is 0. The quantitative estimate of drug-likeness (QED) is 0.787. The highest BCUT2D eigenvalue weighted by atomic mass is 16.5. The molecule has 1 aliphatic heterocycles. The number of rotatable bonds is 8. The van der Waals surface area contributed by atoms with Crippen LogP contribution in [0.5, 0.6) is 5.75 Å². The largest absolute Gasteiger partial charge is 0.494 e. The van der Waals surface area contributed by atoms with Gasteiger partial charge in [0.2, 0.25) is 0 Å². The van der Waals surface area contributed by atoms with E-state index in [4.69, 9.17) is 9.47 Å². The number of nitrogens with one attached hydrogen (secondary N) is 1. The summed E-state index contributed by atoms with van der Waals surface area (Å²) >= 11 is 0. The van der Waals surface area contributed by atoms with Gasteiger partial charge < -0.3 is 14.8 Å². The van der Waals surface area contributed by atoms with E-state index in [1.54, 1.807) is 0 Å². The monoisotopic (exact) mass is 291 g/mol. The van der Waals surface area contributed by atoms with Crippen molar-refractivity contribution in [2.24, 2.45) is 5.92 Å². The van der Waals surface area contributed by atoms with Crippen molar-refractivity contribution in [3.05, 3.63) is 29.8 Å². The normalized spacial score (nSPS) is 23.2. The predicted octanol–water partition coefficient (Wildman–Crippen LogP) is 3.94. The lowest BCUT2D eigenvalue weighted by Gasteiger charge is -2.28. The molecule has 0 aliphatic carbocycles. The molecule has 21 heavy (non-hydrogen) atoms. The van der Waals surface area contributed by atoms with Gasteiger partial charge in [0.25, 0.3) is 0 Å². The van der Waals surface area contributed by atoms with E-state index in [-0.39, 0.29) is 0 Å². The lowest BCUT2D eigenvalue weighted by Crippen LogP contribution is -2.32. The zero-order chi connectivity index (χ0) is 15.1. The highest BCUT2D eigenvalue weighted by Crippen LogP contribution is 2.35. The maximum Gasteiger partial charge on any atom is 0.119 e. The van der Waals surface area contributed by atoms with E-state index in [1.165, 1.54) is 5.56 Å². The lowest BCUT2D eigenvalue weighted by molar-refractivity contribution is 0.0776. The molecule has 1 saturated heterocycles. The van der Waals surface area contributed by atoms with Crippen molar-refractivity contribution < 1.29 is 9.47 Å². The fourth-order valence-electron chi connectivity index (χ4n) is 3.19. The molecule has 0 bridgehead atoms. The second kappa shape index (κ2) is 8.40. The molecule has 1 aromatic carbocycles.